The zero-order valence-electron chi connectivity index (χ0n) is 10.4. The number of hydrogen-bond acceptors (Lipinski definition) is 1. The van der Waals surface area contributed by atoms with Gasteiger partial charge in [-0.15, -0.1) is 0 Å². The molecule has 0 fully saturated rings. The minimum absolute atomic E-state index is 0.219. The van der Waals surface area contributed by atoms with Crippen LogP contribution < -0.4 is 0 Å². The molecule has 0 aromatic carbocycles. The summed E-state index contributed by atoms with van der Waals surface area (Å²) in [6, 6.07) is 0. The van der Waals surface area contributed by atoms with Crippen molar-refractivity contribution in [3.8, 4) is 0 Å². The Kier molecular flexibility index (Phi) is 6.57. The van der Waals surface area contributed by atoms with Crippen molar-refractivity contribution in [1.82, 2.24) is 0 Å². The Bertz CT molecular complexity index is 262. The third kappa shape index (κ3) is 5.16. The maximum absolute atomic E-state index is 12.9. The standard InChI is InChI=1S/C11H17F7O/c1-2-3-4-5-6-8(19)7-9(12,13)10(14,15)11(16,17)18/h8,19H,2-7H2,1H3. The second kappa shape index (κ2) is 6.76. The molecule has 19 heavy (non-hydrogen) atoms. The Hall–Kier alpha value is -0.530. The molecule has 0 bridgehead atoms. The maximum atomic E-state index is 12.9. The van der Waals surface area contributed by atoms with Crippen LogP contribution in [-0.2, 0) is 0 Å². The van der Waals surface area contributed by atoms with Crippen LogP contribution in [0.15, 0.2) is 0 Å². The molecule has 0 spiro atoms. The summed E-state index contributed by atoms with van der Waals surface area (Å²) in [6.07, 6.45) is -7.79. The van der Waals surface area contributed by atoms with E-state index in [9.17, 15) is 30.7 Å². The summed E-state index contributed by atoms with van der Waals surface area (Å²) < 4.78 is 86.3. The molecule has 1 N–H and O–H groups in total. The molecule has 1 unspecified atom stereocenters. The Morgan fingerprint density at radius 1 is 0.895 bits per heavy atom. The minimum Gasteiger partial charge on any atom is -0.393 e. The molecule has 0 saturated carbocycles. The minimum atomic E-state index is -6.33. The van der Waals surface area contributed by atoms with Crippen LogP contribution in [0.25, 0.3) is 0 Å². The van der Waals surface area contributed by atoms with Gasteiger partial charge in [0.1, 0.15) is 0 Å². The largest absolute Gasteiger partial charge is 0.459 e. The lowest BCUT2D eigenvalue weighted by molar-refractivity contribution is -0.358. The molecule has 0 amide bonds. The van der Waals surface area contributed by atoms with Crippen LogP contribution in [-0.4, -0.2) is 29.2 Å². The Morgan fingerprint density at radius 3 is 1.84 bits per heavy atom. The SMILES string of the molecule is CCCCCCC(O)CC(F)(F)C(F)(F)C(F)(F)F. The number of alkyl halides is 7. The number of aliphatic hydroxyl groups is 1. The topological polar surface area (TPSA) is 20.2 Å². The van der Waals surface area contributed by atoms with Crippen LogP contribution in [0.3, 0.4) is 0 Å². The summed E-state index contributed by atoms with van der Waals surface area (Å²) in [5.41, 5.74) is 0. The first-order valence-corrected chi connectivity index (χ1v) is 5.96. The van der Waals surface area contributed by atoms with Crippen LogP contribution in [0.1, 0.15) is 45.4 Å². The third-order valence-electron chi connectivity index (χ3n) is 2.70. The molecule has 0 rings (SSSR count). The average Bonchev–Trinajstić information content (AvgIpc) is 2.22. The van der Waals surface area contributed by atoms with Gasteiger partial charge in [0.15, 0.2) is 0 Å². The van der Waals surface area contributed by atoms with Crippen LogP contribution in [0.4, 0.5) is 30.7 Å². The number of unbranched alkanes of at least 4 members (excludes halogenated alkanes) is 3. The molecular formula is C11H17F7O. The van der Waals surface area contributed by atoms with Gasteiger partial charge in [-0.25, -0.2) is 0 Å². The predicted octanol–water partition coefficient (Wildman–Crippen LogP) is 4.54. The lowest BCUT2D eigenvalue weighted by Crippen LogP contribution is -2.53. The van der Waals surface area contributed by atoms with Crippen LogP contribution in [0, 0.1) is 0 Å². The van der Waals surface area contributed by atoms with Crippen molar-refractivity contribution in [3.05, 3.63) is 0 Å². The molecule has 0 aliphatic rings. The van der Waals surface area contributed by atoms with E-state index in [2.05, 4.69) is 0 Å². The average molecular weight is 298 g/mol. The summed E-state index contributed by atoms with van der Waals surface area (Å²) in [7, 11) is 0. The first kappa shape index (κ1) is 18.5. The molecule has 116 valence electrons. The van der Waals surface area contributed by atoms with Gasteiger partial charge in [0.05, 0.1) is 6.10 Å². The van der Waals surface area contributed by atoms with Gasteiger partial charge in [0.2, 0.25) is 0 Å². The fraction of sp³-hybridized carbons (Fsp3) is 1.00. The summed E-state index contributed by atoms with van der Waals surface area (Å²) in [5.74, 6) is -11.4. The summed E-state index contributed by atoms with van der Waals surface area (Å²) in [6.45, 7) is 1.88. The van der Waals surface area contributed by atoms with Crippen molar-refractivity contribution in [3.63, 3.8) is 0 Å². The summed E-state index contributed by atoms with van der Waals surface area (Å²) in [5, 5.41) is 9.13. The predicted molar refractivity (Wildman–Crippen MR) is 55.3 cm³/mol. The van der Waals surface area contributed by atoms with Crippen molar-refractivity contribution in [2.45, 2.75) is 69.6 Å². The molecule has 0 aromatic rings. The highest BCUT2D eigenvalue weighted by molar-refractivity contribution is 4.92. The number of aliphatic hydroxyl groups excluding tert-OH is 1. The molecule has 0 saturated heterocycles. The highest BCUT2D eigenvalue weighted by atomic mass is 19.4. The van der Waals surface area contributed by atoms with Crippen LogP contribution in [0.2, 0.25) is 0 Å². The van der Waals surface area contributed by atoms with Gasteiger partial charge in [-0.3, -0.25) is 0 Å². The van der Waals surface area contributed by atoms with E-state index in [1.165, 1.54) is 0 Å². The van der Waals surface area contributed by atoms with Gasteiger partial charge < -0.3 is 5.11 Å². The normalized spacial score (nSPS) is 15.6. The van der Waals surface area contributed by atoms with E-state index in [1.54, 1.807) is 0 Å². The van der Waals surface area contributed by atoms with Gasteiger partial charge in [-0.1, -0.05) is 32.6 Å². The molecule has 1 nitrogen and oxygen atoms in total. The molecule has 0 aliphatic heterocycles. The first-order valence-electron chi connectivity index (χ1n) is 5.96. The van der Waals surface area contributed by atoms with Crippen LogP contribution >= 0.6 is 0 Å². The molecule has 8 heteroatoms. The Morgan fingerprint density at radius 2 is 1.42 bits per heavy atom. The van der Waals surface area contributed by atoms with E-state index < -0.39 is 30.5 Å². The number of hydrogen-bond donors (Lipinski definition) is 1. The highest BCUT2D eigenvalue weighted by Crippen LogP contribution is 2.48. The van der Waals surface area contributed by atoms with Crippen molar-refractivity contribution in [2.24, 2.45) is 0 Å². The number of rotatable bonds is 8. The molecule has 1 atom stereocenters. The van der Waals surface area contributed by atoms with Gasteiger partial charge in [-0.05, 0) is 6.42 Å². The zero-order valence-corrected chi connectivity index (χ0v) is 10.4. The van der Waals surface area contributed by atoms with E-state index >= 15 is 0 Å². The lowest BCUT2D eigenvalue weighted by Gasteiger charge is -2.29. The quantitative estimate of drug-likeness (QED) is 0.515. The molecule has 0 aliphatic carbocycles. The monoisotopic (exact) mass is 298 g/mol. The van der Waals surface area contributed by atoms with Gasteiger partial charge in [-0.2, -0.15) is 30.7 Å². The fourth-order valence-electron chi connectivity index (χ4n) is 1.54. The van der Waals surface area contributed by atoms with Gasteiger partial charge in [0, 0.05) is 6.42 Å². The summed E-state index contributed by atoms with van der Waals surface area (Å²) >= 11 is 0. The maximum Gasteiger partial charge on any atom is 0.459 e. The highest BCUT2D eigenvalue weighted by Gasteiger charge is 2.72. The smallest absolute Gasteiger partial charge is 0.393 e. The first-order chi connectivity index (χ1) is 8.45. The van der Waals surface area contributed by atoms with Gasteiger partial charge in [0.25, 0.3) is 0 Å². The van der Waals surface area contributed by atoms with Crippen molar-refractivity contribution in [1.29, 1.82) is 0 Å². The second-order valence-corrected chi connectivity index (χ2v) is 4.48. The Labute approximate surface area is 106 Å². The molecule has 0 aromatic heterocycles. The van der Waals surface area contributed by atoms with E-state index in [0.29, 0.717) is 12.8 Å². The molecule has 0 radical (unpaired) electrons. The molecule has 0 heterocycles. The van der Waals surface area contributed by atoms with Crippen molar-refractivity contribution in [2.75, 3.05) is 0 Å². The molecular weight excluding hydrogens is 281 g/mol. The lowest BCUT2D eigenvalue weighted by atomic mass is 10.00. The van der Waals surface area contributed by atoms with Crippen molar-refractivity contribution < 1.29 is 35.8 Å². The van der Waals surface area contributed by atoms with E-state index in [1.807, 2.05) is 6.92 Å². The van der Waals surface area contributed by atoms with E-state index in [-0.39, 0.29) is 6.42 Å². The fourth-order valence-corrected chi connectivity index (χ4v) is 1.54. The number of halogens is 7. The zero-order chi connectivity index (χ0) is 15.3. The second-order valence-electron chi connectivity index (χ2n) is 4.48. The van der Waals surface area contributed by atoms with Crippen molar-refractivity contribution >= 4 is 0 Å². The summed E-state index contributed by atoms with van der Waals surface area (Å²) in [4.78, 5) is 0. The van der Waals surface area contributed by atoms with E-state index in [0.717, 1.165) is 12.8 Å². The third-order valence-corrected chi connectivity index (χ3v) is 2.70. The Balaban J connectivity index is 4.43. The van der Waals surface area contributed by atoms with E-state index in [4.69, 9.17) is 5.11 Å². The van der Waals surface area contributed by atoms with Gasteiger partial charge >= 0.3 is 18.0 Å². The van der Waals surface area contributed by atoms with Crippen LogP contribution in [0.5, 0.6) is 0 Å².